The Bertz CT molecular complexity index is 690. The standard InChI is InChI=1S/C12H10N4O/c13-11-5-7(3-4-14-11)12-15-9-2-1-8(17)6-10(9)16-12/h1-6,17H,(H2,13,14)(H,15,16). The second-order valence-corrected chi connectivity index (χ2v) is 3.76. The molecule has 0 spiro atoms. The van der Waals surface area contributed by atoms with Gasteiger partial charge in [0.15, 0.2) is 0 Å². The highest BCUT2D eigenvalue weighted by Crippen LogP contribution is 2.23. The van der Waals surface area contributed by atoms with E-state index in [0.717, 1.165) is 16.6 Å². The first-order valence-electron chi connectivity index (χ1n) is 5.13. The van der Waals surface area contributed by atoms with Crippen LogP contribution < -0.4 is 5.73 Å². The van der Waals surface area contributed by atoms with Crippen LogP contribution in [-0.2, 0) is 0 Å². The van der Waals surface area contributed by atoms with Gasteiger partial charge >= 0.3 is 0 Å². The summed E-state index contributed by atoms with van der Waals surface area (Å²) >= 11 is 0. The summed E-state index contributed by atoms with van der Waals surface area (Å²) in [6.45, 7) is 0. The number of pyridine rings is 1. The van der Waals surface area contributed by atoms with E-state index in [0.29, 0.717) is 11.6 Å². The van der Waals surface area contributed by atoms with Crippen LogP contribution >= 0.6 is 0 Å². The monoisotopic (exact) mass is 226 g/mol. The lowest BCUT2D eigenvalue weighted by Gasteiger charge is -1.96. The molecule has 0 aliphatic rings. The van der Waals surface area contributed by atoms with Gasteiger partial charge in [0.05, 0.1) is 11.0 Å². The van der Waals surface area contributed by atoms with Gasteiger partial charge in [-0.05, 0) is 24.3 Å². The van der Waals surface area contributed by atoms with Crippen LogP contribution in [0, 0.1) is 0 Å². The molecule has 4 N–H and O–H groups in total. The molecule has 5 heteroatoms. The third-order valence-electron chi connectivity index (χ3n) is 2.52. The van der Waals surface area contributed by atoms with Crippen molar-refractivity contribution >= 4 is 16.9 Å². The molecule has 84 valence electrons. The molecule has 0 radical (unpaired) electrons. The molecule has 5 nitrogen and oxygen atoms in total. The molecule has 0 aliphatic heterocycles. The second-order valence-electron chi connectivity index (χ2n) is 3.76. The van der Waals surface area contributed by atoms with Crippen molar-refractivity contribution in [2.24, 2.45) is 0 Å². The summed E-state index contributed by atoms with van der Waals surface area (Å²) < 4.78 is 0. The second kappa shape index (κ2) is 3.48. The highest BCUT2D eigenvalue weighted by atomic mass is 16.3. The van der Waals surface area contributed by atoms with Crippen molar-refractivity contribution in [1.29, 1.82) is 0 Å². The number of nitrogens with one attached hydrogen (secondary N) is 1. The Hall–Kier alpha value is -2.56. The Morgan fingerprint density at radius 1 is 1.18 bits per heavy atom. The number of fused-ring (bicyclic) bond motifs is 1. The van der Waals surface area contributed by atoms with Crippen LogP contribution in [0.2, 0.25) is 0 Å². The Kier molecular flexibility index (Phi) is 1.98. The summed E-state index contributed by atoms with van der Waals surface area (Å²) in [7, 11) is 0. The maximum absolute atomic E-state index is 9.38. The fourth-order valence-electron chi connectivity index (χ4n) is 1.73. The lowest BCUT2D eigenvalue weighted by Crippen LogP contribution is -1.90. The van der Waals surface area contributed by atoms with E-state index in [1.807, 2.05) is 6.07 Å². The lowest BCUT2D eigenvalue weighted by atomic mass is 10.2. The SMILES string of the molecule is Nc1cc(-c2nc3ccc(O)cc3[nH]2)ccn1. The number of imidazole rings is 1. The van der Waals surface area contributed by atoms with E-state index in [4.69, 9.17) is 5.73 Å². The third-order valence-corrected chi connectivity index (χ3v) is 2.52. The number of H-pyrrole nitrogens is 1. The first kappa shape index (κ1) is 9.65. The molecular weight excluding hydrogens is 216 g/mol. The van der Waals surface area contributed by atoms with E-state index in [9.17, 15) is 5.11 Å². The van der Waals surface area contributed by atoms with Gasteiger partial charge in [-0.1, -0.05) is 0 Å². The summed E-state index contributed by atoms with van der Waals surface area (Å²) in [5, 5.41) is 9.38. The van der Waals surface area contributed by atoms with Gasteiger partial charge in [0, 0.05) is 17.8 Å². The van der Waals surface area contributed by atoms with Crippen LogP contribution in [0.3, 0.4) is 0 Å². The van der Waals surface area contributed by atoms with Crippen LogP contribution in [0.1, 0.15) is 0 Å². The number of nitrogen functional groups attached to an aromatic ring is 1. The van der Waals surface area contributed by atoms with Crippen LogP contribution in [-0.4, -0.2) is 20.1 Å². The zero-order chi connectivity index (χ0) is 11.8. The number of rotatable bonds is 1. The highest BCUT2D eigenvalue weighted by Gasteiger charge is 2.06. The summed E-state index contributed by atoms with van der Waals surface area (Å²) in [4.78, 5) is 11.5. The number of phenols is 1. The number of aromatic nitrogens is 3. The molecule has 0 atom stereocenters. The van der Waals surface area contributed by atoms with Gasteiger partial charge in [-0.3, -0.25) is 0 Å². The number of nitrogens with two attached hydrogens (primary N) is 1. The fourth-order valence-corrected chi connectivity index (χ4v) is 1.73. The molecule has 17 heavy (non-hydrogen) atoms. The number of hydrogen-bond donors (Lipinski definition) is 3. The van der Waals surface area contributed by atoms with Gasteiger partial charge in [-0.2, -0.15) is 0 Å². The lowest BCUT2D eigenvalue weighted by molar-refractivity contribution is 0.476. The third kappa shape index (κ3) is 1.67. The Morgan fingerprint density at radius 3 is 2.88 bits per heavy atom. The van der Waals surface area contributed by atoms with E-state index in [1.54, 1.807) is 30.5 Å². The molecule has 1 aromatic carbocycles. The van der Waals surface area contributed by atoms with E-state index >= 15 is 0 Å². The normalized spacial score (nSPS) is 10.8. The zero-order valence-corrected chi connectivity index (χ0v) is 8.88. The van der Waals surface area contributed by atoms with Gasteiger partial charge in [-0.15, -0.1) is 0 Å². The van der Waals surface area contributed by atoms with E-state index < -0.39 is 0 Å². The minimum absolute atomic E-state index is 0.210. The maximum atomic E-state index is 9.38. The summed E-state index contributed by atoms with van der Waals surface area (Å²) in [5.74, 6) is 1.37. The van der Waals surface area contributed by atoms with Gasteiger partial charge in [0.2, 0.25) is 0 Å². The van der Waals surface area contributed by atoms with Crippen LogP contribution in [0.5, 0.6) is 5.75 Å². The molecule has 3 rings (SSSR count). The summed E-state index contributed by atoms with van der Waals surface area (Å²) in [5.41, 5.74) is 8.08. The van der Waals surface area contributed by atoms with Crippen molar-refractivity contribution in [3.05, 3.63) is 36.5 Å². The van der Waals surface area contributed by atoms with Crippen LogP contribution in [0.15, 0.2) is 36.5 Å². The topological polar surface area (TPSA) is 87.8 Å². The smallest absolute Gasteiger partial charge is 0.138 e. The van der Waals surface area contributed by atoms with Gasteiger partial charge in [0.1, 0.15) is 17.4 Å². The molecule has 0 unspecified atom stereocenters. The van der Waals surface area contributed by atoms with Gasteiger partial charge in [0.25, 0.3) is 0 Å². The molecule has 3 aromatic rings. The molecular formula is C12H10N4O. The molecule has 0 saturated carbocycles. The Morgan fingerprint density at radius 2 is 2.06 bits per heavy atom. The van der Waals surface area contributed by atoms with Crippen molar-refractivity contribution in [3.63, 3.8) is 0 Å². The number of aromatic hydroxyl groups is 1. The molecule has 0 saturated heterocycles. The first-order valence-corrected chi connectivity index (χ1v) is 5.13. The zero-order valence-electron chi connectivity index (χ0n) is 8.88. The average molecular weight is 226 g/mol. The minimum atomic E-state index is 0.210. The highest BCUT2D eigenvalue weighted by molar-refractivity contribution is 5.80. The maximum Gasteiger partial charge on any atom is 0.138 e. The summed E-state index contributed by atoms with van der Waals surface area (Å²) in [6, 6.07) is 8.57. The van der Waals surface area contributed by atoms with Crippen LogP contribution in [0.4, 0.5) is 5.82 Å². The number of aromatic amines is 1. The number of benzene rings is 1. The number of anilines is 1. The van der Waals surface area contributed by atoms with Gasteiger partial charge < -0.3 is 15.8 Å². The number of hydrogen-bond acceptors (Lipinski definition) is 4. The molecule has 2 aromatic heterocycles. The van der Waals surface area contributed by atoms with Gasteiger partial charge in [-0.25, -0.2) is 9.97 Å². The molecule has 2 heterocycles. The molecule has 0 bridgehead atoms. The van der Waals surface area contributed by atoms with E-state index in [1.165, 1.54) is 0 Å². The predicted molar refractivity (Wildman–Crippen MR) is 65.4 cm³/mol. The quantitative estimate of drug-likeness (QED) is 0.591. The Labute approximate surface area is 97.0 Å². The largest absolute Gasteiger partial charge is 0.508 e. The van der Waals surface area contributed by atoms with E-state index in [-0.39, 0.29) is 5.75 Å². The van der Waals surface area contributed by atoms with Crippen molar-refractivity contribution in [3.8, 4) is 17.1 Å². The van der Waals surface area contributed by atoms with Crippen molar-refractivity contribution in [1.82, 2.24) is 15.0 Å². The van der Waals surface area contributed by atoms with Crippen LogP contribution in [0.25, 0.3) is 22.4 Å². The number of nitrogens with zero attached hydrogens (tertiary/aromatic N) is 2. The Balaban J connectivity index is 2.18. The average Bonchev–Trinajstić information content (AvgIpc) is 2.72. The summed E-state index contributed by atoms with van der Waals surface area (Å²) in [6.07, 6.45) is 1.63. The van der Waals surface area contributed by atoms with E-state index in [2.05, 4.69) is 15.0 Å². The number of phenolic OH excluding ortho intramolecular Hbond substituents is 1. The first-order chi connectivity index (χ1) is 8.22. The minimum Gasteiger partial charge on any atom is -0.508 e. The molecule has 0 aliphatic carbocycles. The fraction of sp³-hybridized carbons (Fsp3) is 0. The molecule has 0 amide bonds. The van der Waals surface area contributed by atoms with Crippen molar-refractivity contribution in [2.45, 2.75) is 0 Å². The van der Waals surface area contributed by atoms with Crippen molar-refractivity contribution < 1.29 is 5.11 Å². The predicted octanol–water partition coefficient (Wildman–Crippen LogP) is 1.91. The molecule has 0 fully saturated rings. The van der Waals surface area contributed by atoms with Crippen molar-refractivity contribution in [2.75, 3.05) is 5.73 Å².